The van der Waals surface area contributed by atoms with Gasteiger partial charge in [0.2, 0.25) is 0 Å². The van der Waals surface area contributed by atoms with Crippen molar-refractivity contribution in [2.45, 2.75) is 0 Å². The minimum absolute atomic E-state index is 0.482. The van der Waals surface area contributed by atoms with Crippen LogP contribution in [0.3, 0.4) is 0 Å². The normalized spacial score (nSPS) is 9.38. The molecule has 0 aromatic carbocycles. The third kappa shape index (κ3) is 1.93. The molecule has 0 aliphatic carbocycles. The third-order valence-electron chi connectivity index (χ3n) is 1.65. The van der Waals surface area contributed by atoms with Gasteiger partial charge in [-0.05, 0) is 12.1 Å². The zero-order valence-electron chi connectivity index (χ0n) is 7.79. The van der Waals surface area contributed by atoms with E-state index in [2.05, 4.69) is 13.2 Å². The lowest BCUT2D eigenvalue weighted by molar-refractivity contribution is 0.336. The molecule has 1 aromatic rings. The van der Waals surface area contributed by atoms with Crippen LogP contribution in [0.1, 0.15) is 11.5 Å². The summed E-state index contributed by atoms with van der Waals surface area (Å²) in [7, 11) is 3.07. The fraction of sp³-hybridized carbons (Fsp3) is 0.200. The highest BCUT2D eigenvalue weighted by molar-refractivity contribution is 5.57. The molecule has 1 rings (SSSR count). The molecule has 1 heterocycles. The van der Waals surface area contributed by atoms with Gasteiger partial charge in [-0.15, -0.1) is 0 Å². The van der Waals surface area contributed by atoms with Gasteiger partial charge in [-0.2, -0.15) is 0 Å². The molecule has 3 heteroatoms. The van der Waals surface area contributed by atoms with E-state index < -0.39 is 0 Å². The second-order valence-electron chi connectivity index (χ2n) is 2.42. The molecule has 0 saturated carbocycles. The third-order valence-corrected chi connectivity index (χ3v) is 1.65. The zero-order valence-corrected chi connectivity index (χ0v) is 7.79. The number of rotatable bonds is 4. The molecule has 3 nitrogen and oxygen atoms in total. The molecule has 0 aliphatic rings. The summed E-state index contributed by atoms with van der Waals surface area (Å²) in [6.07, 6.45) is 0. The highest BCUT2D eigenvalue weighted by Gasteiger charge is 2.07. The molecular weight excluding hydrogens is 168 g/mol. The molecule has 0 bridgehead atoms. The monoisotopic (exact) mass is 180 g/mol. The molecule has 0 spiro atoms. The van der Waals surface area contributed by atoms with Gasteiger partial charge in [-0.1, -0.05) is 13.2 Å². The molecule has 1 aromatic heterocycles. The molecule has 0 saturated heterocycles. The number of ether oxygens (including phenoxy) is 2. The van der Waals surface area contributed by atoms with Crippen LogP contribution in [0, 0.1) is 0 Å². The van der Waals surface area contributed by atoms with E-state index in [9.17, 15) is 0 Å². The van der Waals surface area contributed by atoms with E-state index in [1.165, 1.54) is 14.2 Å². The van der Waals surface area contributed by atoms with Gasteiger partial charge in [0.15, 0.2) is 23.0 Å². The van der Waals surface area contributed by atoms with E-state index >= 15 is 0 Å². The van der Waals surface area contributed by atoms with Crippen LogP contribution in [0.25, 0.3) is 11.5 Å². The van der Waals surface area contributed by atoms with Crippen LogP contribution >= 0.6 is 0 Å². The number of furan rings is 1. The molecule has 0 radical (unpaired) electrons. The average Bonchev–Trinajstić information content (AvgIpc) is 2.64. The summed E-state index contributed by atoms with van der Waals surface area (Å²) in [4.78, 5) is 0. The molecule has 0 atom stereocenters. The summed E-state index contributed by atoms with van der Waals surface area (Å²) in [6, 6.07) is 3.51. The van der Waals surface area contributed by atoms with Crippen molar-refractivity contribution < 1.29 is 13.9 Å². The Balaban J connectivity index is 2.86. The van der Waals surface area contributed by atoms with Gasteiger partial charge in [0.05, 0.1) is 14.2 Å². The molecule has 13 heavy (non-hydrogen) atoms. The summed E-state index contributed by atoms with van der Waals surface area (Å²) in [6.45, 7) is 7.31. The number of methoxy groups -OCH3 is 2. The Morgan fingerprint density at radius 1 is 1.08 bits per heavy atom. The lowest BCUT2D eigenvalue weighted by atomic mass is 10.4. The van der Waals surface area contributed by atoms with Crippen molar-refractivity contribution in [3.8, 4) is 0 Å². The standard InChI is InChI=1S/C10H12O3/c1-7(11-3)9-5-6-10(13-9)8(2)12-4/h5-6H,1-2H2,3-4H3. The van der Waals surface area contributed by atoms with Crippen molar-refractivity contribution in [1.82, 2.24) is 0 Å². The Bertz CT molecular complexity index is 292. The summed E-state index contributed by atoms with van der Waals surface area (Å²) in [5, 5.41) is 0. The Morgan fingerprint density at radius 3 is 1.77 bits per heavy atom. The summed E-state index contributed by atoms with van der Waals surface area (Å²) >= 11 is 0. The van der Waals surface area contributed by atoms with Crippen molar-refractivity contribution in [2.24, 2.45) is 0 Å². The maximum absolute atomic E-state index is 5.34. The molecule has 0 amide bonds. The van der Waals surface area contributed by atoms with E-state index in [-0.39, 0.29) is 0 Å². The van der Waals surface area contributed by atoms with Crippen molar-refractivity contribution in [1.29, 1.82) is 0 Å². The minimum atomic E-state index is 0.482. The lowest BCUT2D eigenvalue weighted by Crippen LogP contribution is -1.82. The molecular formula is C10H12O3. The van der Waals surface area contributed by atoms with Crippen LogP contribution in [0.2, 0.25) is 0 Å². The lowest BCUT2D eigenvalue weighted by Gasteiger charge is -2.00. The molecule has 70 valence electrons. The quantitative estimate of drug-likeness (QED) is 0.667. The van der Waals surface area contributed by atoms with E-state index in [0.29, 0.717) is 23.0 Å². The molecule has 0 unspecified atom stereocenters. The Morgan fingerprint density at radius 2 is 1.46 bits per heavy atom. The van der Waals surface area contributed by atoms with Gasteiger partial charge in [-0.25, -0.2) is 0 Å². The highest BCUT2D eigenvalue weighted by atomic mass is 16.5. The van der Waals surface area contributed by atoms with Gasteiger partial charge >= 0.3 is 0 Å². The second kappa shape index (κ2) is 3.85. The van der Waals surface area contributed by atoms with Gasteiger partial charge in [0, 0.05) is 0 Å². The summed E-state index contributed by atoms with van der Waals surface area (Å²) < 4.78 is 15.1. The SMILES string of the molecule is C=C(OC)c1ccc(C(=C)OC)o1. The van der Waals surface area contributed by atoms with Crippen molar-refractivity contribution in [2.75, 3.05) is 14.2 Å². The number of hydrogen-bond donors (Lipinski definition) is 0. The van der Waals surface area contributed by atoms with E-state index in [1.807, 2.05) is 0 Å². The minimum Gasteiger partial charge on any atom is -0.493 e. The summed E-state index contributed by atoms with van der Waals surface area (Å²) in [5.74, 6) is 2.12. The summed E-state index contributed by atoms with van der Waals surface area (Å²) in [5.41, 5.74) is 0. The van der Waals surface area contributed by atoms with Crippen LogP contribution in [-0.2, 0) is 9.47 Å². The van der Waals surface area contributed by atoms with Gasteiger partial charge < -0.3 is 13.9 Å². The van der Waals surface area contributed by atoms with Crippen molar-refractivity contribution in [3.05, 3.63) is 36.8 Å². The highest BCUT2D eigenvalue weighted by Crippen LogP contribution is 2.21. The second-order valence-corrected chi connectivity index (χ2v) is 2.42. The first kappa shape index (κ1) is 9.45. The van der Waals surface area contributed by atoms with Crippen molar-refractivity contribution in [3.63, 3.8) is 0 Å². The molecule has 0 N–H and O–H groups in total. The first-order valence-electron chi connectivity index (χ1n) is 3.75. The predicted octanol–water partition coefficient (Wildman–Crippen LogP) is 2.51. The Kier molecular flexibility index (Phi) is 2.80. The van der Waals surface area contributed by atoms with Crippen LogP contribution in [-0.4, -0.2) is 14.2 Å². The molecule has 0 fully saturated rings. The zero-order chi connectivity index (χ0) is 9.84. The maximum atomic E-state index is 5.34. The maximum Gasteiger partial charge on any atom is 0.168 e. The van der Waals surface area contributed by atoms with Crippen LogP contribution in [0.5, 0.6) is 0 Å². The fourth-order valence-electron chi connectivity index (χ4n) is 0.839. The Labute approximate surface area is 77.3 Å². The van der Waals surface area contributed by atoms with Crippen molar-refractivity contribution >= 4 is 11.5 Å². The smallest absolute Gasteiger partial charge is 0.168 e. The van der Waals surface area contributed by atoms with Gasteiger partial charge in [0.1, 0.15) is 0 Å². The van der Waals surface area contributed by atoms with Gasteiger partial charge in [-0.3, -0.25) is 0 Å². The van der Waals surface area contributed by atoms with Crippen LogP contribution in [0.15, 0.2) is 29.7 Å². The van der Waals surface area contributed by atoms with E-state index in [4.69, 9.17) is 13.9 Å². The largest absolute Gasteiger partial charge is 0.493 e. The van der Waals surface area contributed by atoms with Gasteiger partial charge in [0.25, 0.3) is 0 Å². The fourth-order valence-corrected chi connectivity index (χ4v) is 0.839. The number of hydrogen-bond acceptors (Lipinski definition) is 3. The van der Waals surface area contributed by atoms with E-state index in [1.54, 1.807) is 12.1 Å². The topological polar surface area (TPSA) is 31.6 Å². The predicted molar refractivity (Wildman–Crippen MR) is 50.8 cm³/mol. The average molecular weight is 180 g/mol. The van der Waals surface area contributed by atoms with Crippen LogP contribution < -0.4 is 0 Å². The van der Waals surface area contributed by atoms with Crippen LogP contribution in [0.4, 0.5) is 0 Å². The first-order chi connectivity index (χ1) is 6.19. The van der Waals surface area contributed by atoms with E-state index in [0.717, 1.165) is 0 Å². The molecule has 0 aliphatic heterocycles. The Hall–Kier alpha value is -1.64. The first-order valence-corrected chi connectivity index (χ1v) is 3.75.